The summed E-state index contributed by atoms with van der Waals surface area (Å²) in [5.41, 5.74) is 15.7. The molecule has 1 aliphatic heterocycles. The Hall–Kier alpha value is -4.66. The number of rotatable bonds is 5. The second kappa shape index (κ2) is 13.0. The zero-order valence-corrected chi connectivity index (χ0v) is 30.8. The summed E-state index contributed by atoms with van der Waals surface area (Å²) in [5.74, 6) is 1.58. The first-order chi connectivity index (χ1) is 26.3. The predicted molar refractivity (Wildman–Crippen MR) is 219 cm³/mol. The number of hydrogen-bond acceptors (Lipinski definition) is 2. The topological polar surface area (TPSA) is 15.3 Å². The van der Waals surface area contributed by atoms with Gasteiger partial charge in [-0.15, -0.1) is 0 Å². The van der Waals surface area contributed by atoms with Crippen molar-refractivity contribution in [2.75, 3.05) is 0 Å². The summed E-state index contributed by atoms with van der Waals surface area (Å²) in [6.07, 6.45) is 55.6. The van der Waals surface area contributed by atoms with Gasteiger partial charge in [-0.3, -0.25) is 5.32 Å². The summed E-state index contributed by atoms with van der Waals surface area (Å²) >= 11 is 0. The van der Waals surface area contributed by atoms with Crippen LogP contribution in [0, 0.1) is 23.7 Å². The summed E-state index contributed by atoms with van der Waals surface area (Å²) in [6.45, 7) is 0. The average Bonchev–Trinajstić information content (AvgIpc) is 3.78. The third-order valence-electron chi connectivity index (χ3n) is 14.0. The molecule has 1 saturated heterocycles. The minimum absolute atomic E-state index is 0.269. The Morgan fingerprint density at radius 2 is 1.32 bits per heavy atom. The van der Waals surface area contributed by atoms with Gasteiger partial charge in [0.1, 0.15) is 6.17 Å². The molecule has 0 bridgehead atoms. The van der Waals surface area contributed by atoms with Crippen LogP contribution in [0.4, 0.5) is 0 Å². The molecular formula is C51H50N2. The van der Waals surface area contributed by atoms with Crippen molar-refractivity contribution in [3.8, 4) is 0 Å². The van der Waals surface area contributed by atoms with Crippen LogP contribution in [-0.4, -0.2) is 23.1 Å². The quantitative estimate of drug-likeness (QED) is 0.331. The first-order valence-corrected chi connectivity index (χ1v) is 20.7. The third kappa shape index (κ3) is 5.09. The van der Waals surface area contributed by atoms with E-state index in [0.29, 0.717) is 35.8 Å². The molecule has 1 saturated carbocycles. The van der Waals surface area contributed by atoms with Crippen LogP contribution in [0.25, 0.3) is 11.1 Å². The van der Waals surface area contributed by atoms with Gasteiger partial charge < -0.3 is 4.90 Å². The maximum absolute atomic E-state index is 4.05. The Morgan fingerprint density at radius 3 is 2.00 bits per heavy atom. The predicted octanol–water partition coefficient (Wildman–Crippen LogP) is 9.59. The molecule has 0 aromatic heterocycles. The summed E-state index contributed by atoms with van der Waals surface area (Å²) in [4.78, 5) is 2.74. The molecule has 1 aromatic rings. The van der Waals surface area contributed by atoms with Crippen molar-refractivity contribution in [2.45, 2.75) is 82.5 Å². The van der Waals surface area contributed by atoms with Gasteiger partial charge in [-0.2, -0.15) is 0 Å². The summed E-state index contributed by atoms with van der Waals surface area (Å²) < 4.78 is 0. The molecule has 264 valence electrons. The molecule has 7 unspecified atom stereocenters. The Labute approximate surface area is 315 Å². The number of hydrogen-bond donors (Lipinski definition) is 1. The molecule has 0 radical (unpaired) electrons. The smallest absolute Gasteiger partial charge is 0.103 e. The highest BCUT2D eigenvalue weighted by atomic mass is 15.4. The summed E-state index contributed by atoms with van der Waals surface area (Å²) in [5, 5.41) is 6.99. The van der Waals surface area contributed by atoms with Crippen LogP contribution in [-0.2, 0) is 0 Å². The van der Waals surface area contributed by atoms with Gasteiger partial charge in [0.05, 0.1) is 12.1 Å². The Kier molecular flexibility index (Phi) is 7.82. The molecule has 1 aromatic carbocycles. The average molecular weight is 691 g/mol. The molecule has 10 aliphatic rings. The van der Waals surface area contributed by atoms with E-state index in [4.69, 9.17) is 0 Å². The van der Waals surface area contributed by atoms with E-state index < -0.39 is 0 Å². The van der Waals surface area contributed by atoms with E-state index in [1.54, 1.807) is 44.7 Å². The van der Waals surface area contributed by atoms with Crippen LogP contribution in [0.5, 0.6) is 0 Å². The third-order valence-corrected chi connectivity index (χ3v) is 14.0. The zero-order chi connectivity index (χ0) is 34.9. The van der Waals surface area contributed by atoms with E-state index in [-0.39, 0.29) is 6.17 Å². The van der Waals surface area contributed by atoms with Gasteiger partial charge in [0.25, 0.3) is 0 Å². The van der Waals surface area contributed by atoms with E-state index in [0.717, 1.165) is 38.5 Å². The highest BCUT2D eigenvalue weighted by Crippen LogP contribution is 2.62. The molecule has 2 fully saturated rings. The minimum atomic E-state index is 0.269. The molecule has 2 nitrogen and oxygen atoms in total. The highest BCUT2D eigenvalue weighted by molar-refractivity contribution is 5.85. The Morgan fingerprint density at radius 1 is 0.566 bits per heavy atom. The van der Waals surface area contributed by atoms with Gasteiger partial charge in [0.15, 0.2) is 0 Å². The fraction of sp³-hybridized carbons (Fsp3) is 0.333. The summed E-state index contributed by atoms with van der Waals surface area (Å²) in [7, 11) is 0. The van der Waals surface area contributed by atoms with Crippen LogP contribution < -0.4 is 15.8 Å². The van der Waals surface area contributed by atoms with E-state index >= 15 is 0 Å². The lowest BCUT2D eigenvalue weighted by Gasteiger charge is -2.37. The van der Waals surface area contributed by atoms with Crippen molar-refractivity contribution in [3.63, 3.8) is 0 Å². The van der Waals surface area contributed by atoms with Crippen molar-refractivity contribution in [3.05, 3.63) is 189 Å². The van der Waals surface area contributed by atoms with Gasteiger partial charge in [-0.05, 0) is 114 Å². The maximum atomic E-state index is 4.05. The largest absolute Gasteiger partial charge is 0.348 e. The second-order valence-electron chi connectivity index (χ2n) is 16.6. The van der Waals surface area contributed by atoms with Gasteiger partial charge in [0.2, 0.25) is 0 Å². The molecule has 0 amide bonds. The standard InChI is InChI=1S/C51H50N2/c1-4-15-34(16-5-1)46-40-21-10-11-22-41(40)47(35-17-6-2-7-18-35)50-43-32-31-38(39-23-14-24-42(48(39)43)49(46)50)33-27-29-36(30-28-33)51-52-44-25-12-13-26-45(44)53(51)37-19-8-3-9-20-37/h1-2,4,6,10-15,17,19,21-27,29,31-32,39,44-45,48-52H,3,5,7-9,16,18,20,28,30H2. The Bertz CT molecular complexity index is 2310. The van der Waals surface area contributed by atoms with Gasteiger partial charge in [-0.25, -0.2) is 0 Å². The van der Waals surface area contributed by atoms with E-state index in [9.17, 15) is 0 Å². The normalized spacial score (nSPS) is 33.4. The molecular weight excluding hydrogens is 641 g/mol. The molecule has 7 atom stereocenters. The number of benzene rings is 1. The lowest BCUT2D eigenvalue weighted by molar-refractivity contribution is 0.276. The number of nitrogens with zero attached hydrogens (tertiary/aromatic N) is 1. The number of allylic oxidation sites excluding steroid dienone is 23. The SMILES string of the molecule is C1=CCCC(C2=c3ccccc3=C(C3=CC=CCC3)C3C4=CC=C(C5=CC=C(C6NC7C=CC=CC7N6C6=CCCCC6)CC5)C5C=CC=C(C45)C23)=C1. The van der Waals surface area contributed by atoms with E-state index in [1.807, 2.05) is 0 Å². The number of fused-ring (bicyclic) bond motifs is 5. The van der Waals surface area contributed by atoms with Gasteiger partial charge in [0, 0.05) is 29.4 Å². The maximum Gasteiger partial charge on any atom is 0.103 e. The highest BCUT2D eigenvalue weighted by Gasteiger charge is 2.52. The van der Waals surface area contributed by atoms with Gasteiger partial charge >= 0.3 is 0 Å². The minimum Gasteiger partial charge on any atom is -0.348 e. The van der Waals surface area contributed by atoms with Crippen molar-refractivity contribution in [2.24, 2.45) is 23.7 Å². The molecule has 53 heavy (non-hydrogen) atoms. The molecule has 11 rings (SSSR count). The fourth-order valence-corrected chi connectivity index (χ4v) is 11.7. The van der Waals surface area contributed by atoms with E-state index in [1.165, 1.54) is 47.3 Å². The van der Waals surface area contributed by atoms with Crippen molar-refractivity contribution in [1.29, 1.82) is 0 Å². The zero-order valence-electron chi connectivity index (χ0n) is 30.8. The lowest BCUT2D eigenvalue weighted by atomic mass is 9.69. The van der Waals surface area contributed by atoms with Crippen LogP contribution in [0.2, 0.25) is 0 Å². The first kappa shape index (κ1) is 31.8. The van der Waals surface area contributed by atoms with Crippen LogP contribution in [0.15, 0.2) is 178 Å². The second-order valence-corrected chi connectivity index (χ2v) is 16.6. The first-order valence-electron chi connectivity index (χ1n) is 20.7. The van der Waals surface area contributed by atoms with Crippen molar-refractivity contribution < 1.29 is 0 Å². The van der Waals surface area contributed by atoms with Crippen molar-refractivity contribution in [1.82, 2.24) is 10.2 Å². The molecule has 1 heterocycles. The van der Waals surface area contributed by atoms with Crippen LogP contribution in [0.1, 0.15) is 64.2 Å². The molecule has 0 spiro atoms. The Balaban J connectivity index is 0.994. The van der Waals surface area contributed by atoms with Gasteiger partial charge in [-0.1, -0.05) is 145 Å². The molecule has 2 heteroatoms. The molecule has 1 N–H and O–H groups in total. The monoisotopic (exact) mass is 690 g/mol. The van der Waals surface area contributed by atoms with Crippen molar-refractivity contribution >= 4 is 11.1 Å². The van der Waals surface area contributed by atoms with Crippen LogP contribution in [0.3, 0.4) is 0 Å². The fourth-order valence-electron chi connectivity index (χ4n) is 11.7. The van der Waals surface area contributed by atoms with Crippen LogP contribution >= 0.6 is 0 Å². The molecule has 9 aliphatic carbocycles. The van der Waals surface area contributed by atoms with E-state index in [2.05, 4.69) is 144 Å². The summed E-state index contributed by atoms with van der Waals surface area (Å²) in [6, 6.07) is 10.2. The lowest BCUT2D eigenvalue weighted by Crippen LogP contribution is -2.40. The number of nitrogens with one attached hydrogen (secondary N) is 1.